The second-order valence-corrected chi connectivity index (χ2v) is 6.56. The van der Waals surface area contributed by atoms with Crippen molar-refractivity contribution >= 4 is 5.91 Å². The highest BCUT2D eigenvalue weighted by molar-refractivity contribution is 5.94. The third-order valence-electron chi connectivity index (χ3n) is 4.25. The van der Waals surface area contributed by atoms with E-state index in [4.69, 9.17) is 9.37 Å². The van der Waals surface area contributed by atoms with Crippen molar-refractivity contribution in [3.63, 3.8) is 0 Å². The molecule has 0 aliphatic carbocycles. The van der Waals surface area contributed by atoms with Gasteiger partial charge in [0.05, 0.1) is 6.10 Å². The molecular formula is C18H24N4O3. The first kappa shape index (κ1) is 17.4. The number of nitrogens with zero attached hydrogens (tertiary/aromatic N) is 4. The maximum atomic E-state index is 12.6. The summed E-state index contributed by atoms with van der Waals surface area (Å²) in [5, 5.41) is 7.72. The molecule has 1 saturated heterocycles. The van der Waals surface area contributed by atoms with Gasteiger partial charge in [0, 0.05) is 38.3 Å². The van der Waals surface area contributed by atoms with Crippen molar-refractivity contribution in [3.05, 3.63) is 41.2 Å². The largest absolute Gasteiger partial charge is 0.491 e. The van der Waals surface area contributed by atoms with Crippen molar-refractivity contribution in [2.75, 3.05) is 26.2 Å². The van der Waals surface area contributed by atoms with E-state index >= 15 is 0 Å². The molecule has 2 heterocycles. The molecule has 0 unspecified atom stereocenters. The average Bonchev–Trinajstić information content (AvgIpc) is 3.00. The first-order chi connectivity index (χ1) is 12.0. The highest BCUT2D eigenvalue weighted by atomic mass is 16.6. The summed E-state index contributed by atoms with van der Waals surface area (Å²) < 4.78 is 10.4. The number of carbonyl (C=O) groups excluding carboxylic acids is 1. The number of carbonyl (C=O) groups is 1. The van der Waals surface area contributed by atoms with E-state index in [1.807, 2.05) is 49.9 Å². The van der Waals surface area contributed by atoms with E-state index in [2.05, 4.69) is 15.2 Å². The predicted molar refractivity (Wildman–Crippen MR) is 92.4 cm³/mol. The molecule has 1 amide bonds. The van der Waals surface area contributed by atoms with Crippen LogP contribution in [0, 0.1) is 6.92 Å². The van der Waals surface area contributed by atoms with Crippen molar-refractivity contribution in [2.45, 2.75) is 33.4 Å². The number of hydrogen-bond acceptors (Lipinski definition) is 6. The molecule has 2 aromatic rings. The second kappa shape index (κ2) is 7.65. The Morgan fingerprint density at radius 1 is 1.16 bits per heavy atom. The van der Waals surface area contributed by atoms with Crippen LogP contribution in [0.5, 0.6) is 5.75 Å². The Morgan fingerprint density at radius 2 is 1.84 bits per heavy atom. The van der Waals surface area contributed by atoms with E-state index < -0.39 is 0 Å². The molecule has 1 aliphatic heterocycles. The monoisotopic (exact) mass is 344 g/mol. The summed E-state index contributed by atoms with van der Waals surface area (Å²) in [6, 6.07) is 7.36. The topological polar surface area (TPSA) is 71.7 Å². The Morgan fingerprint density at radius 3 is 2.40 bits per heavy atom. The average molecular weight is 344 g/mol. The van der Waals surface area contributed by atoms with Crippen molar-refractivity contribution in [1.82, 2.24) is 20.1 Å². The van der Waals surface area contributed by atoms with Crippen molar-refractivity contribution in [3.8, 4) is 5.75 Å². The van der Waals surface area contributed by atoms with Gasteiger partial charge in [0.2, 0.25) is 0 Å². The number of amides is 1. The van der Waals surface area contributed by atoms with Crippen molar-refractivity contribution in [1.29, 1.82) is 0 Å². The minimum Gasteiger partial charge on any atom is -0.491 e. The van der Waals surface area contributed by atoms with Gasteiger partial charge in [-0.15, -0.1) is 0 Å². The maximum Gasteiger partial charge on any atom is 0.253 e. The number of benzene rings is 1. The van der Waals surface area contributed by atoms with Gasteiger partial charge in [-0.2, -0.15) is 0 Å². The fourth-order valence-corrected chi connectivity index (χ4v) is 2.84. The lowest BCUT2D eigenvalue weighted by atomic mass is 10.1. The van der Waals surface area contributed by atoms with Crippen LogP contribution in [0.1, 0.15) is 35.6 Å². The third kappa shape index (κ3) is 4.36. The lowest BCUT2D eigenvalue weighted by molar-refractivity contribution is 0.0625. The molecule has 0 spiro atoms. The fraction of sp³-hybridized carbons (Fsp3) is 0.500. The number of aromatic nitrogens is 2. The van der Waals surface area contributed by atoms with Crippen LogP contribution in [0.2, 0.25) is 0 Å². The first-order valence-corrected chi connectivity index (χ1v) is 8.59. The molecule has 0 radical (unpaired) electrons. The summed E-state index contributed by atoms with van der Waals surface area (Å²) in [4.78, 5) is 16.8. The molecule has 1 aliphatic rings. The van der Waals surface area contributed by atoms with E-state index in [9.17, 15) is 4.79 Å². The molecule has 0 N–H and O–H groups in total. The third-order valence-corrected chi connectivity index (χ3v) is 4.25. The normalized spacial score (nSPS) is 15.6. The van der Waals surface area contributed by atoms with Gasteiger partial charge in [0.15, 0.2) is 0 Å². The van der Waals surface area contributed by atoms with Crippen LogP contribution in [0.15, 0.2) is 28.9 Å². The summed E-state index contributed by atoms with van der Waals surface area (Å²) in [5.74, 6) is 0.850. The standard InChI is InChI=1S/C18H24N4O3/c1-13(2)24-16-6-4-15(5-7-16)18(23)22-10-8-21(9-11-22)12-17-14(3)19-25-20-17/h4-7,13H,8-12H2,1-3H3. The van der Waals surface area contributed by atoms with Crippen LogP contribution in [0.4, 0.5) is 0 Å². The Kier molecular flexibility index (Phi) is 5.33. The van der Waals surface area contributed by atoms with Crippen LogP contribution >= 0.6 is 0 Å². The minimum absolute atomic E-state index is 0.0648. The van der Waals surface area contributed by atoms with Crippen LogP contribution in [-0.2, 0) is 6.54 Å². The Bertz CT molecular complexity index is 703. The van der Waals surface area contributed by atoms with E-state index in [0.29, 0.717) is 25.2 Å². The molecule has 0 saturated carbocycles. The molecule has 134 valence electrons. The van der Waals surface area contributed by atoms with Gasteiger partial charge in [-0.1, -0.05) is 10.3 Å². The van der Waals surface area contributed by atoms with Gasteiger partial charge in [-0.3, -0.25) is 9.69 Å². The zero-order chi connectivity index (χ0) is 17.8. The minimum atomic E-state index is 0.0648. The summed E-state index contributed by atoms with van der Waals surface area (Å²) in [6.07, 6.45) is 0.123. The SMILES string of the molecule is Cc1nonc1CN1CCN(C(=O)c2ccc(OC(C)C)cc2)CC1. The molecule has 0 atom stereocenters. The van der Waals surface area contributed by atoms with E-state index in [1.54, 1.807) is 0 Å². The number of piperazine rings is 1. The zero-order valence-electron chi connectivity index (χ0n) is 14.9. The summed E-state index contributed by atoms with van der Waals surface area (Å²) in [6.45, 7) is 9.58. The molecule has 1 aromatic carbocycles. The lowest BCUT2D eigenvalue weighted by Gasteiger charge is -2.34. The van der Waals surface area contributed by atoms with Crippen LogP contribution in [0.25, 0.3) is 0 Å². The smallest absolute Gasteiger partial charge is 0.253 e. The Labute approximate surface area is 147 Å². The first-order valence-electron chi connectivity index (χ1n) is 8.59. The number of ether oxygens (including phenoxy) is 1. The Balaban J connectivity index is 1.53. The van der Waals surface area contributed by atoms with Crippen LogP contribution in [-0.4, -0.2) is 58.3 Å². The Hall–Kier alpha value is -2.41. The maximum absolute atomic E-state index is 12.6. The molecule has 1 fully saturated rings. The van der Waals surface area contributed by atoms with Gasteiger partial charge in [-0.05, 0) is 45.0 Å². The van der Waals surface area contributed by atoms with Crippen LogP contribution < -0.4 is 4.74 Å². The molecule has 25 heavy (non-hydrogen) atoms. The number of hydrogen-bond donors (Lipinski definition) is 0. The second-order valence-electron chi connectivity index (χ2n) is 6.56. The quantitative estimate of drug-likeness (QED) is 0.827. The van der Waals surface area contributed by atoms with Gasteiger partial charge in [0.1, 0.15) is 17.1 Å². The number of aryl methyl sites for hydroxylation is 1. The molecule has 3 rings (SSSR count). The molecule has 7 heteroatoms. The molecule has 0 bridgehead atoms. The van der Waals surface area contributed by atoms with Gasteiger partial charge in [0.25, 0.3) is 5.91 Å². The van der Waals surface area contributed by atoms with Gasteiger partial charge in [-0.25, -0.2) is 4.63 Å². The van der Waals surface area contributed by atoms with Crippen LogP contribution in [0.3, 0.4) is 0 Å². The molecule has 7 nitrogen and oxygen atoms in total. The highest BCUT2D eigenvalue weighted by Crippen LogP contribution is 2.16. The molecular weight excluding hydrogens is 320 g/mol. The van der Waals surface area contributed by atoms with Gasteiger partial charge < -0.3 is 9.64 Å². The van der Waals surface area contributed by atoms with E-state index in [-0.39, 0.29) is 12.0 Å². The van der Waals surface area contributed by atoms with Gasteiger partial charge >= 0.3 is 0 Å². The summed E-state index contributed by atoms with van der Waals surface area (Å²) in [7, 11) is 0. The highest BCUT2D eigenvalue weighted by Gasteiger charge is 2.23. The van der Waals surface area contributed by atoms with E-state index in [1.165, 1.54) is 0 Å². The zero-order valence-corrected chi connectivity index (χ0v) is 14.9. The predicted octanol–water partition coefficient (Wildman–Crippen LogP) is 2.12. The van der Waals surface area contributed by atoms with Crippen molar-refractivity contribution < 1.29 is 14.2 Å². The number of rotatable bonds is 5. The van der Waals surface area contributed by atoms with Crippen molar-refractivity contribution in [2.24, 2.45) is 0 Å². The lowest BCUT2D eigenvalue weighted by Crippen LogP contribution is -2.48. The fourth-order valence-electron chi connectivity index (χ4n) is 2.84. The summed E-state index contributed by atoms with van der Waals surface area (Å²) >= 11 is 0. The molecule has 1 aromatic heterocycles. The summed E-state index contributed by atoms with van der Waals surface area (Å²) in [5.41, 5.74) is 2.38. The van der Waals surface area contributed by atoms with E-state index in [0.717, 1.165) is 30.2 Å².